The van der Waals surface area contributed by atoms with Crippen molar-refractivity contribution >= 4 is 11.1 Å². The molecular formula is C11H13NO. The van der Waals surface area contributed by atoms with Gasteiger partial charge in [0.25, 0.3) is 0 Å². The first kappa shape index (κ1) is 8.30. The Labute approximate surface area is 77.6 Å². The minimum Gasteiger partial charge on any atom is -0.440 e. The van der Waals surface area contributed by atoms with Crippen molar-refractivity contribution in [1.82, 2.24) is 4.98 Å². The van der Waals surface area contributed by atoms with E-state index < -0.39 is 0 Å². The molecule has 0 bridgehead atoms. The molecule has 13 heavy (non-hydrogen) atoms. The molecule has 0 N–H and O–H groups in total. The predicted molar refractivity (Wildman–Crippen MR) is 52.7 cm³/mol. The van der Waals surface area contributed by atoms with Gasteiger partial charge in [-0.25, -0.2) is 4.98 Å². The number of para-hydroxylation sites is 1. The normalized spacial score (nSPS) is 10.9. The van der Waals surface area contributed by atoms with Crippen LogP contribution in [0.2, 0.25) is 0 Å². The Balaban J connectivity index is 2.55. The summed E-state index contributed by atoms with van der Waals surface area (Å²) in [7, 11) is 0. The van der Waals surface area contributed by atoms with Crippen molar-refractivity contribution in [1.29, 1.82) is 0 Å². The maximum absolute atomic E-state index is 5.63. The van der Waals surface area contributed by atoms with Gasteiger partial charge in [0, 0.05) is 6.42 Å². The number of hydrogen-bond donors (Lipinski definition) is 0. The Morgan fingerprint density at radius 3 is 2.92 bits per heavy atom. The summed E-state index contributed by atoms with van der Waals surface area (Å²) >= 11 is 0. The first-order valence-electron chi connectivity index (χ1n) is 4.66. The van der Waals surface area contributed by atoms with Gasteiger partial charge in [-0.05, 0) is 25.0 Å². The number of fused-ring (bicyclic) bond motifs is 1. The van der Waals surface area contributed by atoms with Crippen LogP contribution in [0.15, 0.2) is 22.6 Å². The molecule has 68 valence electrons. The molecule has 0 aliphatic rings. The third-order valence-electron chi connectivity index (χ3n) is 2.12. The summed E-state index contributed by atoms with van der Waals surface area (Å²) in [6.07, 6.45) is 2.00. The highest BCUT2D eigenvalue weighted by Gasteiger charge is 2.05. The minimum absolute atomic E-state index is 0.854. The summed E-state index contributed by atoms with van der Waals surface area (Å²) in [6.45, 7) is 4.17. The quantitative estimate of drug-likeness (QED) is 0.701. The van der Waals surface area contributed by atoms with Crippen LogP contribution in [-0.2, 0) is 6.42 Å². The fraction of sp³-hybridized carbons (Fsp3) is 0.364. The summed E-state index contributed by atoms with van der Waals surface area (Å²) in [5.74, 6) is 0.854. The van der Waals surface area contributed by atoms with Gasteiger partial charge in [-0.15, -0.1) is 0 Å². The number of oxazole rings is 1. The highest BCUT2D eigenvalue weighted by molar-refractivity contribution is 5.75. The monoisotopic (exact) mass is 175 g/mol. The van der Waals surface area contributed by atoms with E-state index in [2.05, 4.69) is 11.9 Å². The van der Waals surface area contributed by atoms with Crippen LogP contribution in [0.25, 0.3) is 11.1 Å². The van der Waals surface area contributed by atoms with Crippen molar-refractivity contribution in [3.05, 3.63) is 29.7 Å². The second-order valence-electron chi connectivity index (χ2n) is 3.28. The maximum atomic E-state index is 5.63. The Morgan fingerprint density at radius 1 is 1.38 bits per heavy atom. The van der Waals surface area contributed by atoms with E-state index in [0.717, 1.165) is 35.4 Å². The highest BCUT2D eigenvalue weighted by atomic mass is 16.3. The average molecular weight is 175 g/mol. The Bertz CT molecular complexity index is 417. The van der Waals surface area contributed by atoms with Crippen LogP contribution in [-0.4, -0.2) is 4.98 Å². The third-order valence-corrected chi connectivity index (χ3v) is 2.12. The average Bonchev–Trinajstić information content (AvgIpc) is 2.49. The number of aryl methyl sites for hydroxylation is 2. The van der Waals surface area contributed by atoms with E-state index >= 15 is 0 Å². The third kappa shape index (κ3) is 1.44. The molecule has 0 radical (unpaired) electrons. The predicted octanol–water partition coefficient (Wildman–Crippen LogP) is 3.09. The topological polar surface area (TPSA) is 26.0 Å². The van der Waals surface area contributed by atoms with Gasteiger partial charge in [0.1, 0.15) is 5.52 Å². The van der Waals surface area contributed by atoms with Crippen molar-refractivity contribution < 1.29 is 4.42 Å². The summed E-state index contributed by atoms with van der Waals surface area (Å²) in [4.78, 5) is 4.40. The molecule has 1 aromatic heterocycles. The molecule has 0 saturated heterocycles. The summed E-state index contributed by atoms with van der Waals surface area (Å²) in [5, 5.41) is 0. The van der Waals surface area contributed by atoms with E-state index in [0.29, 0.717) is 0 Å². The van der Waals surface area contributed by atoms with Crippen LogP contribution < -0.4 is 0 Å². The van der Waals surface area contributed by atoms with Crippen molar-refractivity contribution in [3.63, 3.8) is 0 Å². The molecular weight excluding hydrogens is 162 g/mol. The number of rotatable bonds is 2. The molecule has 2 aromatic rings. The zero-order valence-corrected chi connectivity index (χ0v) is 8.00. The fourth-order valence-electron chi connectivity index (χ4n) is 1.45. The van der Waals surface area contributed by atoms with Gasteiger partial charge in [-0.3, -0.25) is 0 Å². The van der Waals surface area contributed by atoms with E-state index in [4.69, 9.17) is 4.42 Å². The van der Waals surface area contributed by atoms with E-state index in [-0.39, 0.29) is 0 Å². The second kappa shape index (κ2) is 3.21. The second-order valence-corrected chi connectivity index (χ2v) is 3.28. The minimum atomic E-state index is 0.854. The molecule has 0 spiro atoms. The van der Waals surface area contributed by atoms with Gasteiger partial charge in [-0.1, -0.05) is 19.1 Å². The fourth-order valence-corrected chi connectivity index (χ4v) is 1.45. The number of aromatic nitrogens is 1. The molecule has 2 rings (SSSR count). The van der Waals surface area contributed by atoms with Gasteiger partial charge in [0.15, 0.2) is 11.5 Å². The lowest BCUT2D eigenvalue weighted by atomic mass is 10.2. The molecule has 0 saturated carbocycles. The van der Waals surface area contributed by atoms with Crippen LogP contribution >= 0.6 is 0 Å². The van der Waals surface area contributed by atoms with E-state index in [9.17, 15) is 0 Å². The smallest absolute Gasteiger partial charge is 0.195 e. The van der Waals surface area contributed by atoms with Gasteiger partial charge >= 0.3 is 0 Å². The van der Waals surface area contributed by atoms with Gasteiger partial charge in [0.05, 0.1) is 0 Å². The lowest BCUT2D eigenvalue weighted by Crippen LogP contribution is -1.79. The molecule has 0 aliphatic heterocycles. The van der Waals surface area contributed by atoms with Crippen molar-refractivity contribution in [2.75, 3.05) is 0 Å². The van der Waals surface area contributed by atoms with E-state index in [1.807, 2.05) is 25.1 Å². The summed E-state index contributed by atoms with van der Waals surface area (Å²) in [5.41, 5.74) is 3.07. The van der Waals surface area contributed by atoms with Crippen molar-refractivity contribution in [2.24, 2.45) is 0 Å². The molecule has 0 unspecified atom stereocenters. The Morgan fingerprint density at radius 2 is 2.23 bits per heavy atom. The van der Waals surface area contributed by atoms with Gasteiger partial charge in [0.2, 0.25) is 0 Å². The number of hydrogen-bond acceptors (Lipinski definition) is 2. The van der Waals surface area contributed by atoms with Gasteiger partial charge in [-0.2, -0.15) is 0 Å². The zero-order valence-electron chi connectivity index (χ0n) is 8.00. The lowest BCUT2D eigenvalue weighted by molar-refractivity contribution is 0.524. The molecule has 0 atom stereocenters. The maximum Gasteiger partial charge on any atom is 0.195 e. The Hall–Kier alpha value is -1.31. The summed E-state index contributed by atoms with van der Waals surface area (Å²) < 4.78 is 5.63. The molecule has 0 fully saturated rings. The first-order chi connectivity index (χ1) is 6.31. The van der Waals surface area contributed by atoms with E-state index in [1.165, 1.54) is 0 Å². The molecule has 2 nitrogen and oxygen atoms in total. The lowest BCUT2D eigenvalue weighted by Gasteiger charge is -1.90. The van der Waals surface area contributed by atoms with Crippen LogP contribution in [0.1, 0.15) is 24.8 Å². The zero-order chi connectivity index (χ0) is 9.26. The standard InChI is InChI=1S/C11H13NO/c1-3-5-10-12-9-7-4-6-8(2)11(9)13-10/h4,6-7H,3,5H2,1-2H3. The SMILES string of the molecule is CCCc1nc2cccc(C)c2o1. The molecule has 1 heterocycles. The van der Waals surface area contributed by atoms with Crippen molar-refractivity contribution in [3.8, 4) is 0 Å². The largest absolute Gasteiger partial charge is 0.440 e. The van der Waals surface area contributed by atoms with Crippen LogP contribution in [0.5, 0.6) is 0 Å². The van der Waals surface area contributed by atoms with Crippen molar-refractivity contribution in [2.45, 2.75) is 26.7 Å². The summed E-state index contributed by atoms with van der Waals surface area (Å²) in [6, 6.07) is 6.05. The van der Waals surface area contributed by atoms with Crippen LogP contribution in [0, 0.1) is 6.92 Å². The van der Waals surface area contributed by atoms with Crippen LogP contribution in [0.4, 0.5) is 0 Å². The molecule has 0 amide bonds. The number of benzene rings is 1. The highest BCUT2D eigenvalue weighted by Crippen LogP contribution is 2.19. The van der Waals surface area contributed by atoms with Crippen LogP contribution in [0.3, 0.4) is 0 Å². The van der Waals surface area contributed by atoms with E-state index in [1.54, 1.807) is 0 Å². The molecule has 1 aromatic carbocycles. The molecule has 0 aliphatic carbocycles. The molecule has 2 heteroatoms. The first-order valence-corrected chi connectivity index (χ1v) is 4.66. The number of nitrogens with zero attached hydrogens (tertiary/aromatic N) is 1. The Kier molecular flexibility index (Phi) is 2.05. The van der Waals surface area contributed by atoms with Gasteiger partial charge < -0.3 is 4.42 Å².